The van der Waals surface area contributed by atoms with E-state index in [0.29, 0.717) is 13.0 Å². The van der Waals surface area contributed by atoms with Gasteiger partial charge in [-0.1, -0.05) is 11.6 Å². The molecule has 1 aromatic carbocycles. The minimum atomic E-state index is -0.831. The van der Waals surface area contributed by atoms with Crippen LogP contribution >= 0.6 is 11.6 Å². The molecule has 0 aliphatic carbocycles. The molecule has 2 N–H and O–H groups in total. The topological polar surface area (TPSA) is 69.6 Å². The number of rotatable bonds is 2. The summed E-state index contributed by atoms with van der Waals surface area (Å²) in [7, 11) is 0. The van der Waals surface area contributed by atoms with E-state index in [1.54, 1.807) is 0 Å². The molecular formula is C14H16ClFN2O3. The summed E-state index contributed by atoms with van der Waals surface area (Å²) in [6.07, 6.45) is -0.371. The first kappa shape index (κ1) is 15.7. The molecule has 2 rings (SSSR count). The molecule has 0 radical (unpaired) electrons. The van der Waals surface area contributed by atoms with Gasteiger partial charge < -0.3 is 15.3 Å². The van der Waals surface area contributed by atoms with Crippen molar-refractivity contribution in [2.45, 2.75) is 25.5 Å². The predicted molar refractivity (Wildman–Crippen MR) is 75.5 cm³/mol. The molecule has 0 bridgehead atoms. The summed E-state index contributed by atoms with van der Waals surface area (Å²) in [4.78, 5) is 24.8. The molecule has 2 atom stereocenters. The Morgan fingerprint density at radius 1 is 1.48 bits per heavy atom. The lowest BCUT2D eigenvalue weighted by Crippen LogP contribution is -2.55. The first-order valence-electron chi connectivity index (χ1n) is 6.58. The van der Waals surface area contributed by atoms with E-state index < -0.39 is 23.9 Å². The van der Waals surface area contributed by atoms with Gasteiger partial charge in [-0.15, -0.1) is 0 Å². The van der Waals surface area contributed by atoms with Gasteiger partial charge in [0.15, 0.2) is 0 Å². The minimum absolute atomic E-state index is 0.107. The Morgan fingerprint density at radius 3 is 2.76 bits per heavy atom. The summed E-state index contributed by atoms with van der Waals surface area (Å²) in [6, 6.07) is 3.24. The van der Waals surface area contributed by atoms with Crippen molar-refractivity contribution in [1.82, 2.24) is 10.2 Å². The minimum Gasteiger partial charge on any atom is -0.389 e. The second-order valence-corrected chi connectivity index (χ2v) is 5.44. The zero-order valence-electron chi connectivity index (χ0n) is 11.5. The molecule has 0 spiro atoms. The Morgan fingerprint density at radius 2 is 2.19 bits per heavy atom. The number of benzene rings is 1. The second kappa shape index (κ2) is 6.41. The van der Waals surface area contributed by atoms with Crippen LogP contribution in [0.5, 0.6) is 0 Å². The second-order valence-electron chi connectivity index (χ2n) is 5.03. The van der Waals surface area contributed by atoms with Gasteiger partial charge in [-0.3, -0.25) is 9.59 Å². The zero-order valence-corrected chi connectivity index (χ0v) is 12.2. The molecular weight excluding hydrogens is 299 g/mol. The molecule has 1 heterocycles. The van der Waals surface area contributed by atoms with Gasteiger partial charge >= 0.3 is 0 Å². The van der Waals surface area contributed by atoms with Crippen molar-refractivity contribution in [3.8, 4) is 0 Å². The lowest BCUT2D eigenvalue weighted by atomic mass is 10.0. The van der Waals surface area contributed by atoms with Crippen molar-refractivity contribution in [3.05, 3.63) is 34.6 Å². The number of β-amino-alcohol motifs (C(OH)–C–C–N with tert-alkyl or cyclic N) is 1. The van der Waals surface area contributed by atoms with Crippen LogP contribution in [0.25, 0.3) is 0 Å². The number of nitrogens with zero attached hydrogens (tertiary/aromatic N) is 1. The number of hydrogen-bond donors (Lipinski definition) is 2. The number of likely N-dealkylation sites (tertiary alicyclic amines) is 1. The third kappa shape index (κ3) is 3.71. The first-order chi connectivity index (χ1) is 9.88. The number of nitrogens with one attached hydrogen (secondary N) is 1. The van der Waals surface area contributed by atoms with Crippen molar-refractivity contribution >= 4 is 23.4 Å². The average Bonchev–Trinajstić information content (AvgIpc) is 2.43. The van der Waals surface area contributed by atoms with Crippen molar-refractivity contribution in [2.24, 2.45) is 0 Å². The lowest BCUT2D eigenvalue weighted by Gasteiger charge is -2.35. The van der Waals surface area contributed by atoms with Crippen molar-refractivity contribution in [1.29, 1.82) is 0 Å². The number of carbonyl (C=O) groups excluding carboxylic acids is 2. The van der Waals surface area contributed by atoms with Gasteiger partial charge in [-0.2, -0.15) is 0 Å². The largest absolute Gasteiger partial charge is 0.389 e. The third-order valence-electron chi connectivity index (χ3n) is 3.53. The van der Waals surface area contributed by atoms with Crippen molar-refractivity contribution in [2.75, 3.05) is 13.1 Å². The van der Waals surface area contributed by atoms with Crippen LogP contribution < -0.4 is 5.32 Å². The van der Waals surface area contributed by atoms with Crippen LogP contribution in [-0.4, -0.2) is 47.1 Å². The van der Waals surface area contributed by atoms with Gasteiger partial charge in [0, 0.05) is 25.6 Å². The Bertz CT molecular complexity index is 567. The maximum atomic E-state index is 13.1. The van der Waals surface area contributed by atoms with Gasteiger partial charge in [0.25, 0.3) is 5.91 Å². The molecule has 114 valence electrons. The number of carbonyl (C=O) groups is 2. The van der Waals surface area contributed by atoms with E-state index >= 15 is 0 Å². The van der Waals surface area contributed by atoms with Gasteiger partial charge in [0.1, 0.15) is 5.82 Å². The number of aliphatic hydroxyl groups excluding tert-OH is 1. The summed E-state index contributed by atoms with van der Waals surface area (Å²) in [6.45, 7) is 2.10. The van der Waals surface area contributed by atoms with Gasteiger partial charge in [-0.25, -0.2) is 4.39 Å². The summed E-state index contributed by atoms with van der Waals surface area (Å²) in [5, 5.41) is 12.5. The average molecular weight is 315 g/mol. The van der Waals surface area contributed by atoms with Crippen molar-refractivity contribution in [3.63, 3.8) is 0 Å². The van der Waals surface area contributed by atoms with Crippen LogP contribution in [-0.2, 0) is 4.79 Å². The summed E-state index contributed by atoms with van der Waals surface area (Å²) < 4.78 is 13.1. The molecule has 1 aliphatic heterocycles. The lowest BCUT2D eigenvalue weighted by molar-refractivity contribution is -0.132. The fraction of sp³-hybridized carbons (Fsp3) is 0.429. The molecule has 21 heavy (non-hydrogen) atoms. The van der Waals surface area contributed by atoms with Crippen LogP contribution in [0.1, 0.15) is 23.7 Å². The fourth-order valence-electron chi connectivity index (χ4n) is 2.28. The molecule has 1 saturated heterocycles. The highest BCUT2D eigenvalue weighted by atomic mass is 35.5. The third-order valence-corrected chi connectivity index (χ3v) is 3.82. The number of hydrogen-bond acceptors (Lipinski definition) is 3. The van der Waals surface area contributed by atoms with E-state index in [2.05, 4.69) is 5.32 Å². The molecule has 1 aliphatic rings. The predicted octanol–water partition coefficient (Wildman–Crippen LogP) is 1.19. The van der Waals surface area contributed by atoms with E-state index in [-0.39, 0.29) is 23.0 Å². The molecule has 0 unspecified atom stereocenters. The highest BCUT2D eigenvalue weighted by Crippen LogP contribution is 2.17. The fourth-order valence-corrected chi connectivity index (χ4v) is 2.46. The normalized spacial score (nSPS) is 22.0. The van der Waals surface area contributed by atoms with E-state index in [0.717, 1.165) is 6.07 Å². The standard InChI is InChI=1S/C14H16ClFN2O3/c1-8(19)18-5-4-12(13(20)7-18)17-14(21)9-2-3-11(16)10(15)6-9/h2-3,6,12-13,20H,4-5,7H2,1H3,(H,17,21)/t12-,13-/m1/s1. The first-order valence-corrected chi connectivity index (χ1v) is 6.95. The number of aliphatic hydroxyl groups is 1. The smallest absolute Gasteiger partial charge is 0.251 e. The van der Waals surface area contributed by atoms with E-state index in [1.165, 1.54) is 24.0 Å². The van der Waals surface area contributed by atoms with Crippen LogP contribution in [0.3, 0.4) is 0 Å². The maximum Gasteiger partial charge on any atom is 0.251 e. The van der Waals surface area contributed by atoms with E-state index in [4.69, 9.17) is 11.6 Å². The zero-order chi connectivity index (χ0) is 15.6. The van der Waals surface area contributed by atoms with Crippen LogP contribution in [0.15, 0.2) is 18.2 Å². The number of piperidine rings is 1. The van der Waals surface area contributed by atoms with Crippen LogP contribution in [0, 0.1) is 5.82 Å². The summed E-state index contributed by atoms with van der Waals surface area (Å²) in [5.41, 5.74) is 0.225. The summed E-state index contributed by atoms with van der Waals surface area (Å²) in [5.74, 6) is -1.13. The SMILES string of the molecule is CC(=O)N1CC[C@@H](NC(=O)c2ccc(F)c(Cl)c2)[C@H](O)C1. The molecule has 1 fully saturated rings. The monoisotopic (exact) mass is 314 g/mol. The van der Waals surface area contributed by atoms with Gasteiger partial charge in [0.05, 0.1) is 17.2 Å². The number of amides is 2. The van der Waals surface area contributed by atoms with Crippen molar-refractivity contribution < 1.29 is 19.1 Å². The highest BCUT2D eigenvalue weighted by Gasteiger charge is 2.30. The van der Waals surface area contributed by atoms with E-state index in [1.807, 2.05) is 0 Å². The molecule has 1 aromatic rings. The Hall–Kier alpha value is -1.66. The Labute approximate surface area is 126 Å². The van der Waals surface area contributed by atoms with Gasteiger partial charge in [0.2, 0.25) is 5.91 Å². The highest BCUT2D eigenvalue weighted by molar-refractivity contribution is 6.31. The van der Waals surface area contributed by atoms with Crippen LogP contribution in [0.2, 0.25) is 5.02 Å². The molecule has 5 nitrogen and oxygen atoms in total. The Kier molecular flexibility index (Phi) is 4.80. The molecule has 0 aromatic heterocycles. The Balaban J connectivity index is 2.00. The summed E-state index contributed by atoms with van der Waals surface area (Å²) >= 11 is 5.63. The quantitative estimate of drug-likeness (QED) is 0.861. The number of halogens is 2. The molecule has 7 heteroatoms. The van der Waals surface area contributed by atoms with Crippen LogP contribution in [0.4, 0.5) is 4.39 Å². The van der Waals surface area contributed by atoms with Gasteiger partial charge in [-0.05, 0) is 24.6 Å². The molecule has 0 saturated carbocycles. The van der Waals surface area contributed by atoms with E-state index in [9.17, 15) is 19.1 Å². The molecule has 2 amide bonds. The maximum absolute atomic E-state index is 13.1.